The zero-order valence-corrected chi connectivity index (χ0v) is 17.1. The standard InChI is InChI=1S/C24H28N2O3/c1-17-3-5-18(6-4-17)14-26-16-21(13-23(26)27)24(28)25-12-11-20(15-25)19-7-9-22(29-2)10-8-19/h3-10,20-21H,11-16H2,1-2H3. The molecule has 2 aliphatic heterocycles. The van der Waals surface area contributed by atoms with Gasteiger partial charge in [0.2, 0.25) is 11.8 Å². The van der Waals surface area contributed by atoms with Crippen molar-refractivity contribution in [2.45, 2.75) is 32.2 Å². The summed E-state index contributed by atoms with van der Waals surface area (Å²) >= 11 is 0. The number of ether oxygens (including phenoxy) is 1. The number of amides is 2. The summed E-state index contributed by atoms with van der Waals surface area (Å²) in [5, 5.41) is 0. The minimum atomic E-state index is -0.220. The van der Waals surface area contributed by atoms with E-state index in [0.29, 0.717) is 25.4 Å². The van der Waals surface area contributed by atoms with E-state index in [4.69, 9.17) is 4.74 Å². The largest absolute Gasteiger partial charge is 0.497 e. The second kappa shape index (κ2) is 8.27. The molecule has 29 heavy (non-hydrogen) atoms. The summed E-state index contributed by atoms with van der Waals surface area (Å²) in [6, 6.07) is 16.3. The average molecular weight is 392 g/mol. The van der Waals surface area contributed by atoms with E-state index < -0.39 is 0 Å². The van der Waals surface area contributed by atoms with Gasteiger partial charge in [-0.15, -0.1) is 0 Å². The second-order valence-electron chi connectivity index (χ2n) is 8.20. The highest BCUT2D eigenvalue weighted by atomic mass is 16.5. The molecule has 0 spiro atoms. The third kappa shape index (κ3) is 4.29. The van der Waals surface area contributed by atoms with Crippen molar-refractivity contribution < 1.29 is 14.3 Å². The number of benzene rings is 2. The minimum Gasteiger partial charge on any atom is -0.497 e. The Hall–Kier alpha value is -2.82. The molecule has 2 heterocycles. The molecule has 2 amide bonds. The molecule has 2 saturated heterocycles. The van der Waals surface area contributed by atoms with Crippen molar-refractivity contribution in [2.75, 3.05) is 26.7 Å². The van der Waals surface area contributed by atoms with Gasteiger partial charge in [-0.3, -0.25) is 9.59 Å². The number of methoxy groups -OCH3 is 1. The van der Waals surface area contributed by atoms with E-state index >= 15 is 0 Å². The summed E-state index contributed by atoms with van der Waals surface area (Å²) in [4.78, 5) is 29.3. The van der Waals surface area contributed by atoms with Crippen LogP contribution < -0.4 is 4.74 Å². The van der Waals surface area contributed by atoms with Gasteiger partial charge in [-0.25, -0.2) is 0 Å². The van der Waals surface area contributed by atoms with Gasteiger partial charge in [0.25, 0.3) is 0 Å². The fourth-order valence-electron chi connectivity index (χ4n) is 4.37. The fourth-order valence-corrected chi connectivity index (χ4v) is 4.37. The van der Waals surface area contributed by atoms with Crippen LogP contribution in [0.15, 0.2) is 48.5 Å². The lowest BCUT2D eigenvalue weighted by Crippen LogP contribution is -2.35. The molecule has 2 fully saturated rings. The molecule has 0 aromatic heterocycles. The van der Waals surface area contributed by atoms with Gasteiger partial charge in [-0.2, -0.15) is 0 Å². The maximum absolute atomic E-state index is 13.0. The van der Waals surface area contributed by atoms with E-state index in [1.54, 1.807) is 7.11 Å². The van der Waals surface area contributed by atoms with Crippen LogP contribution >= 0.6 is 0 Å². The molecule has 4 rings (SSSR count). The van der Waals surface area contributed by atoms with Crippen LogP contribution in [0.3, 0.4) is 0 Å². The molecular weight excluding hydrogens is 364 g/mol. The maximum atomic E-state index is 13.0. The van der Waals surface area contributed by atoms with Crippen molar-refractivity contribution in [3.05, 3.63) is 65.2 Å². The van der Waals surface area contributed by atoms with Crippen LogP contribution in [-0.4, -0.2) is 48.4 Å². The summed E-state index contributed by atoms with van der Waals surface area (Å²) < 4.78 is 5.23. The highest BCUT2D eigenvalue weighted by Gasteiger charge is 2.38. The summed E-state index contributed by atoms with van der Waals surface area (Å²) in [5.41, 5.74) is 3.55. The lowest BCUT2D eigenvalue weighted by atomic mass is 9.98. The molecule has 0 N–H and O–H groups in total. The van der Waals surface area contributed by atoms with Crippen molar-refractivity contribution in [3.8, 4) is 5.75 Å². The van der Waals surface area contributed by atoms with Gasteiger partial charge < -0.3 is 14.5 Å². The molecule has 2 aromatic carbocycles. The van der Waals surface area contributed by atoms with Crippen LogP contribution in [-0.2, 0) is 16.1 Å². The monoisotopic (exact) mass is 392 g/mol. The smallest absolute Gasteiger partial charge is 0.228 e. The summed E-state index contributed by atoms with van der Waals surface area (Å²) in [5.74, 6) is 1.18. The first-order chi connectivity index (χ1) is 14.0. The Labute approximate surface area is 172 Å². The number of hydrogen-bond acceptors (Lipinski definition) is 3. The molecule has 0 radical (unpaired) electrons. The Morgan fingerprint density at radius 1 is 1.07 bits per heavy atom. The van der Waals surface area contributed by atoms with Crippen molar-refractivity contribution >= 4 is 11.8 Å². The predicted octanol–water partition coefficient (Wildman–Crippen LogP) is 3.37. The van der Waals surface area contributed by atoms with Gasteiger partial charge in [-0.1, -0.05) is 42.0 Å². The fraction of sp³-hybridized carbons (Fsp3) is 0.417. The number of carbonyl (C=O) groups is 2. The first-order valence-corrected chi connectivity index (χ1v) is 10.3. The highest BCUT2D eigenvalue weighted by molar-refractivity contribution is 5.89. The molecule has 152 valence electrons. The Morgan fingerprint density at radius 3 is 2.48 bits per heavy atom. The zero-order chi connectivity index (χ0) is 20.4. The number of likely N-dealkylation sites (tertiary alicyclic amines) is 2. The molecule has 5 nitrogen and oxygen atoms in total. The van der Waals surface area contributed by atoms with Gasteiger partial charge in [0.15, 0.2) is 0 Å². The maximum Gasteiger partial charge on any atom is 0.228 e. The van der Waals surface area contributed by atoms with Gasteiger partial charge in [0.05, 0.1) is 13.0 Å². The van der Waals surface area contributed by atoms with Crippen molar-refractivity contribution in [1.82, 2.24) is 9.80 Å². The lowest BCUT2D eigenvalue weighted by Gasteiger charge is -2.21. The summed E-state index contributed by atoms with van der Waals surface area (Å²) in [6.45, 7) is 4.65. The van der Waals surface area contributed by atoms with E-state index in [1.165, 1.54) is 11.1 Å². The molecule has 0 saturated carbocycles. The SMILES string of the molecule is COc1ccc(C2CCN(C(=O)C3CC(=O)N(Cc4ccc(C)cc4)C3)C2)cc1. The number of aryl methyl sites for hydroxylation is 1. The first kappa shape index (κ1) is 19.5. The van der Waals surface area contributed by atoms with Crippen LogP contribution in [0.1, 0.15) is 35.4 Å². The Kier molecular flexibility index (Phi) is 5.56. The van der Waals surface area contributed by atoms with E-state index in [0.717, 1.165) is 30.8 Å². The average Bonchev–Trinajstić information content (AvgIpc) is 3.37. The number of rotatable bonds is 5. The second-order valence-corrected chi connectivity index (χ2v) is 8.20. The van der Waals surface area contributed by atoms with Crippen molar-refractivity contribution in [2.24, 2.45) is 5.92 Å². The topological polar surface area (TPSA) is 49.9 Å². The van der Waals surface area contributed by atoms with Crippen LogP contribution in [0, 0.1) is 12.8 Å². The lowest BCUT2D eigenvalue weighted by molar-refractivity contribution is -0.134. The van der Waals surface area contributed by atoms with Gasteiger partial charge in [0, 0.05) is 38.5 Å². The Bertz CT molecular complexity index is 876. The molecule has 5 heteroatoms. The number of nitrogens with zero attached hydrogens (tertiary/aromatic N) is 2. The molecule has 2 atom stereocenters. The third-order valence-electron chi connectivity index (χ3n) is 6.14. The van der Waals surface area contributed by atoms with Crippen molar-refractivity contribution in [1.29, 1.82) is 0 Å². The van der Waals surface area contributed by atoms with Crippen LogP contribution in [0.2, 0.25) is 0 Å². The normalized spacial score (nSPS) is 21.7. The number of carbonyl (C=O) groups excluding carboxylic acids is 2. The van der Waals surface area contributed by atoms with E-state index in [2.05, 4.69) is 43.3 Å². The Balaban J connectivity index is 1.35. The first-order valence-electron chi connectivity index (χ1n) is 10.3. The van der Waals surface area contributed by atoms with Gasteiger partial charge in [0.1, 0.15) is 5.75 Å². The van der Waals surface area contributed by atoms with Crippen LogP contribution in [0.25, 0.3) is 0 Å². The molecule has 2 aliphatic rings. The third-order valence-corrected chi connectivity index (χ3v) is 6.14. The summed E-state index contributed by atoms with van der Waals surface area (Å²) in [6.07, 6.45) is 1.29. The summed E-state index contributed by atoms with van der Waals surface area (Å²) in [7, 11) is 1.66. The number of hydrogen-bond donors (Lipinski definition) is 0. The van der Waals surface area contributed by atoms with E-state index in [9.17, 15) is 9.59 Å². The molecule has 0 bridgehead atoms. The van der Waals surface area contributed by atoms with Gasteiger partial charge >= 0.3 is 0 Å². The zero-order valence-electron chi connectivity index (χ0n) is 17.1. The Morgan fingerprint density at radius 2 is 1.79 bits per heavy atom. The highest BCUT2D eigenvalue weighted by Crippen LogP contribution is 2.31. The quantitative estimate of drug-likeness (QED) is 0.784. The van der Waals surface area contributed by atoms with Crippen LogP contribution in [0.5, 0.6) is 5.75 Å². The predicted molar refractivity (Wildman–Crippen MR) is 112 cm³/mol. The van der Waals surface area contributed by atoms with Crippen molar-refractivity contribution in [3.63, 3.8) is 0 Å². The molecule has 2 unspecified atom stereocenters. The molecular formula is C24H28N2O3. The molecule has 0 aliphatic carbocycles. The van der Waals surface area contributed by atoms with Gasteiger partial charge in [-0.05, 0) is 36.6 Å². The minimum absolute atomic E-state index is 0.0785. The van der Waals surface area contributed by atoms with E-state index in [1.807, 2.05) is 21.9 Å². The van der Waals surface area contributed by atoms with Crippen LogP contribution in [0.4, 0.5) is 0 Å². The van der Waals surface area contributed by atoms with E-state index in [-0.39, 0.29) is 17.7 Å². The molecule has 2 aromatic rings.